The zero-order chi connectivity index (χ0) is 18.1. The van der Waals surface area contributed by atoms with Gasteiger partial charge in [-0.1, -0.05) is 56.0 Å². The van der Waals surface area contributed by atoms with Gasteiger partial charge in [0.05, 0.1) is 0 Å². The highest BCUT2D eigenvalue weighted by molar-refractivity contribution is 6.30. The molecule has 2 aliphatic carbocycles. The number of nitrogens with one attached hydrogen (secondary N) is 1. The van der Waals surface area contributed by atoms with Crippen molar-refractivity contribution < 1.29 is 0 Å². The largest absolute Gasteiger partial charge is 0.311 e. The highest BCUT2D eigenvalue weighted by Gasteiger charge is 2.35. The summed E-state index contributed by atoms with van der Waals surface area (Å²) in [6, 6.07) is 10.00. The molecule has 0 radical (unpaired) electrons. The Morgan fingerprint density at radius 1 is 1.15 bits per heavy atom. The zero-order valence-corrected chi connectivity index (χ0v) is 17.1. The van der Waals surface area contributed by atoms with Gasteiger partial charge < -0.3 is 5.32 Å². The summed E-state index contributed by atoms with van der Waals surface area (Å²) in [7, 11) is 0. The third-order valence-corrected chi connectivity index (χ3v) is 7.03. The Morgan fingerprint density at radius 3 is 2.73 bits per heavy atom. The van der Waals surface area contributed by atoms with E-state index < -0.39 is 0 Å². The van der Waals surface area contributed by atoms with Gasteiger partial charge in [-0.05, 0) is 60.8 Å². The van der Waals surface area contributed by atoms with Gasteiger partial charge in [0.25, 0.3) is 0 Å². The van der Waals surface area contributed by atoms with Gasteiger partial charge in [-0.15, -0.1) is 0 Å². The Kier molecular flexibility index (Phi) is 5.46. The van der Waals surface area contributed by atoms with E-state index in [2.05, 4.69) is 36.2 Å². The second-order valence-corrected chi connectivity index (χ2v) is 9.75. The van der Waals surface area contributed by atoms with Crippen molar-refractivity contribution in [2.24, 2.45) is 5.41 Å². The number of hydrogen-bond donors (Lipinski definition) is 1. The van der Waals surface area contributed by atoms with Gasteiger partial charge in [-0.25, -0.2) is 0 Å². The van der Waals surface area contributed by atoms with Crippen LogP contribution in [-0.2, 0) is 0 Å². The van der Waals surface area contributed by atoms with Crippen LogP contribution in [0, 0.1) is 5.41 Å². The number of hydrogen-bond acceptors (Lipinski definition) is 2. The molecule has 1 saturated heterocycles. The lowest BCUT2D eigenvalue weighted by Gasteiger charge is -2.46. The molecule has 0 aromatic heterocycles. The maximum atomic E-state index is 6.14. The van der Waals surface area contributed by atoms with Gasteiger partial charge in [-0.2, -0.15) is 0 Å². The number of allylic oxidation sites excluding steroid dienone is 1. The van der Waals surface area contributed by atoms with Crippen molar-refractivity contribution in [1.82, 2.24) is 10.2 Å². The number of fused-ring (bicyclic) bond motifs is 1. The van der Waals surface area contributed by atoms with Crippen LogP contribution >= 0.6 is 11.6 Å². The second kappa shape index (κ2) is 7.66. The van der Waals surface area contributed by atoms with Crippen molar-refractivity contribution in [1.29, 1.82) is 0 Å². The molecule has 1 saturated carbocycles. The predicted octanol–water partition coefficient (Wildman–Crippen LogP) is 5.52. The summed E-state index contributed by atoms with van der Waals surface area (Å²) >= 11 is 6.14. The number of nitrogens with zero attached hydrogens (tertiary/aromatic N) is 1. The highest BCUT2D eigenvalue weighted by Crippen LogP contribution is 2.43. The maximum Gasteiger partial charge on any atom is 0.0406 e. The molecule has 2 atom stereocenters. The molecule has 3 heteroatoms. The molecule has 2 nitrogen and oxygen atoms in total. The summed E-state index contributed by atoms with van der Waals surface area (Å²) in [5.41, 5.74) is 5.05. The first-order valence-electron chi connectivity index (χ1n) is 10.5. The topological polar surface area (TPSA) is 15.3 Å². The molecule has 0 amide bonds. The molecule has 3 aliphatic rings. The molecule has 1 heterocycles. The first-order chi connectivity index (χ1) is 12.5. The monoisotopic (exact) mass is 372 g/mol. The smallest absolute Gasteiger partial charge is 0.0406 e. The van der Waals surface area contributed by atoms with E-state index >= 15 is 0 Å². The quantitative estimate of drug-likeness (QED) is 0.751. The molecule has 26 heavy (non-hydrogen) atoms. The van der Waals surface area contributed by atoms with Crippen molar-refractivity contribution >= 4 is 17.2 Å². The fraction of sp³-hybridized carbons (Fsp3) is 0.652. The summed E-state index contributed by atoms with van der Waals surface area (Å²) in [6.07, 6.45) is 9.25. The van der Waals surface area contributed by atoms with Crippen molar-refractivity contribution in [3.05, 3.63) is 40.4 Å². The van der Waals surface area contributed by atoms with Gasteiger partial charge in [0.1, 0.15) is 0 Å². The number of benzene rings is 1. The molecule has 2 fully saturated rings. The molecule has 1 N–H and O–H groups in total. The molecule has 1 aromatic carbocycles. The van der Waals surface area contributed by atoms with E-state index in [1.807, 2.05) is 12.1 Å². The summed E-state index contributed by atoms with van der Waals surface area (Å²) in [6.45, 7) is 8.35. The fourth-order valence-corrected chi connectivity index (χ4v) is 5.38. The van der Waals surface area contributed by atoms with Crippen LogP contribution in [-0.4, -0.2) is 36.6 Å². The lowest BCUT2D eigenvalue weighted by molar-refractivity contribution is 0.0954. The van der Waals surface area contributed by atoms with Crippen molar-refractivity contribution in [2.45, 2.75) is 70.9 Å². The molecule has 0 unspecified atom stereocenters. The number of piperazine rings is 1. The Balaban J connectivity index is 1.61. The van der Waals surface area contributed by atoms with E-state index in [-0.39, 0.29) is 0 Å². The maximum absolute atomic E-state index is 6.14. The lowest BCUT2D eigenvalue weighted by atomic mass is 9.72. The number of halogens is 1. The first-order valence-corrected chi connectivity index (χ1v) is 10.8. The summed E-state index contributed by atoms with van der Waals surface area (Å²) in [5.74, 6) is 0. The zero-order valence-electron chi connectivity index (χ0n) is 16.4. The van der Waals surface area contributed by atoms with Crippen LogP contribution in [0.25, 0.3) is 5.57 Å². The van der Waals surface area contributed by atoms with Crippen LogP contribution in [0.5, 0.6) is 0 Å². The van der Waals surface area contributed by atoms with Crippen LogP contribution in [0.1, 0.15) is 64.4 Å². The predicted molar refractivity (Wildman–Crippen MR) is 112 cm³/mol. The summed E-state index contributed by atoms with van der Waals surface area (Å²) in [5, 5.41) is 4.61. The lowest BCUT2D eigenvalue weighted by Crippen LogP contribution is -2.59. The van der Waals surface area contributed by atoms with Gasteiger partial charge in [0, 0.05) is 36.7 Å². The van der Waals surface area contributed by atoms with Crippen LogP contribution in [0.3, 0.4) is 0 Å². The van der Waals surface area contributed by atoms with E-state index in [9.17, 15) is 0 Å². The number of rotatable bonds is 3. The van der Waals surface area contributed by atoms with E-state index in [4.69, 9.17) is 11.6 Å². The minimum Gasteiger partial charge on any atom is -0.311 e. The van der Waals surface area contributed by atoms with Gasteiger partial charge in [0.15, 0.2) is 0 Å². The van der Waals surface area contributed by atoms with E-state index in [0.717, 1.165) is 30.2 Å². The summed E-state index contributed by atoms with van der Waals surface area (Å²) in [4.78, 5) is 2.80. The van der Waals surface area contributed by atoms with Gasteiger partial charge in [-0.3, -0.25) is 4.90 Å². The van der Waals surface area contributed by atoms with Gasteiger partial charge in [0.2, 0.25) is 0 Å². The summed E-state index contributed by atoms with van der Waals surface area (Å²) < 4.78 is 0. The SMILES string of the molecule is CC1(C)CCC(CN2CCN[C@@H]3CCCC[C@H]32)=C(c2ccc(Cl)cc2)C1. The van der Waals surface area contributed by atoms with E-state index in [0.29, 0.717) is 5.41 Å². The third kappa shape index (κ3) is 4.03. The molecular weight excluding hydrogens is 340 g/mol. The van der Waals surface area contributed by atoms with Crippen molar-refractivity contribution in [3.63, 3.8) is 0 Å². The minimum absolute atomic E-state index is 0.398. The fourth-order valence-electron chi connectivity index (χ4n) is 5.25. The molecule has 0 bridgehead atoms. The Labute approximate surface area is 164 Å². The van der Waals surface area contributed by atoms with E-state index in [1.165, 1.54) is 57.1 Å². The van der Waals surface area contributed by atoms with Crippen LogP contribution < -0.4 is 5.32 Å². The highest BCUT2D eigenvalue weighted by atomic mass is 35.5. The van der Waals surface area contributed by atoms with Crippen LogP contribution in [0.2, 0.25) is 5.02 Å². The van der Waals surface area contributed by atoms with Crippen LogP contribution in [0.4, 0.5) is 0 Å². The standard InChI is InChI=1S/C23H33ClN2/c1-23(2)12-11-18(20(15-23)17-7-9-19(24)10-8-17)16-26-14-13-25-21-5-3-4-6-22(21)26/h7-10,21-22,25H,3-6,11-16H2,1-2H3/t21-,22-/m1/s1. The molecule has 1 aromatic rings. The van der Waals surface area contributed by atoms with E-state index in [1.54, 1.807) is 11.1 Å². The van der Waals surface area contributed by atoms with Crippen LogP contribution in [0.15, 0.2) is 29.8 Å². The average Bonchev–Trinajstić information content (AvgIpc) is 2.64. The van der Waals surface area contributed by atoms with Crippen molar-refractivity contribution in [3.8, 4) is 0 Å². The molecule has 4 rings (SSSR count). The Hall–Kier alpha value is -0.830. The molecule has 142 valence electrons. The van der Waals surface area contributed by atoms with Gasteiger partial charge >= 0.3 is 0 Å². The first kappa shape index (κ1) is 18.5. The van der Waals surface area contributed by atoms with Crippen molar-refractivity contribution in [2.75, 3.05) is 19.6 Å². The Morgan fingerprint density at radius 2 is 1.92 bits per heavy atom. The third-order valence-electron chi connectivity index (χ3n) is 6.78. The Bertz CT molecular complexity index is 659. The normalized spacial score (nSPS) is 29.5. The second-order valence-electron chi connectivity index (χ2n) is 9.31. The molecule has 0 spiro atoms. The minimum atomic E-state index is 0.398. The average molecular weight is 373 g/mol. The molecule has 1 aliphatic heterocycles. The molecular formula is C23H33ClN2.